The number of sulfonamides is 1. The average Bonchev–Trinajstić information content (AvgIpc) is 2.81. The number of hydrogen-bond donors (Lipinski definition) is 2. The van der Waals surface area contributed by atoms with Crippen molar-refractivity contribution < 1.29 is 8.42 Å². The summed E-state index contributed by atoms with van der Waals surface area (Å²) in [5, 5.41) is 7.30. The van der Waals surface area contributed by atoms with E-state index in [0.29, 0.717) is 12.5 Å². The standard InChI is InChI=1S/C12H22N4O2S/c1-16-12(4-8-14-16)10-15-19(17,18)9-5-11-2-6-13-7-3-11/h4,8,11,13,15H,2-3,5-7,9-10H2,1H3. The van der Waals surface area contributed by atoms with Crippen molar-refractivity contribution in [1.82, 2.24) is 19.8 Å². The van der Waals surface area contributed by atoms with Crippen LogP contribution in [0, 0.1) is 5.92 Å². The van der Waals surface area contributed by atoms with Gasteiger partial charge in [0.25, 0.3) is 0 Å². The predicted molar refractivity (Wildman–Crippen MR) is 74.0 cm³/mol. The monoisotopic (exact) mass is 286 g/mol. The Balaban J connectivity index is 1.76. The van der Waals surface area contributed by atoms with E-state index in [1.807, 2.05) is 6.07 Å². The Hall–Kier alpha value is -0.920. The second-order valence-electron chi connectivity index (χ2n) is 5.07. The largest absolute Gasteiger partial charge is 0.317 e. The van der Waals surface area contributed by atoms with E-state index in [1.165, 1.54) is 0 Å². The van der Waals surface area contributed by atoms with Crippen molar-refractivity contribution >= 4 is 10.0 Å². The van der Waals surface area contributed by atoms with Crippen molar-refractivity contribution in [3.05, 3.63) is 18.0 Å². The molecule has 1 fully saturated rings. The molecule has 1 aliphatic rings. The first kappa shape index (κ1) is 14.5. The molecule has 0 radical (unpaired) electrons. The molecule has 0 amide bonds. The molecule has 7 heteroatoms. The highest BCUT2D eigenvalue weighted by Crippen LogP contribution is 2.16. The van der Waals surface area contributed by atoms with Crippen LogP contribution in [0.5, 0.6) is 0 Å². The van der Waals surface area contributed by atoms with Gasteiger partial charge in [0, 0.05) is 13.2 Å². The molecule has 2 heterocycles. The number of aromatic nitrogens is 2. The Morgan fingerprint density at radius 2 is 2.21 bits per heavy atom. The molecule has 0 saturated carbocycles. The van der Waals surface area contributed by atoms with E-state index in [9.17, 15) is 8.42 Å². The molecular formula is C12H22N4O2S. The highest BCUT2D eigenvalue weighted by atomic mass is 32.2. The molecule has 1 aromatic heterocycles. The van der Waals surface area contributed by atoms with Crippen LogP contribution in [0.3, 0.4) is 0 Å². The van der Waals surface area contributed by atoms with Gasteiger partial charge in [-0.05, 0) is 44.3 Å². The lowest BCUT2D eigenvalue weighted by atomic mass is 9.96. The Bertz CT molecular complexity index is 492. The highest BCUT2D eigenvalue weighted by Gasteiger charge is 2.17. The first-order chi connectivity index (χ1) is 9.07. The van der Waals surface area contributed by atoms with Crippen LogP contribution in [0.2, 0.25) is 0 Å². The molecule has 2 rings (SSSR count). The van der Waals surface area contributed by atoms with Crippen molar-refractivity contribution in [1.29, 1.82) is 0 Å². The number of hydrogen-bond acceptors (Lipinski definition) is 4. The van der Waals surface area contributed by atoms with E-state index < -0.39 is 10.0 Å². The van der Waals surface area contributed by atoms with E-state index in [2.05, 4.69) is 15.1 Å². The van der Waals surface area contributed by atoms with E-state index >= 15 is 0 Å². The Morgan fingerprint density at radius 1 is 1.47 bits per heavy atom. The first-order valence-corrected chi connectivity index (χ1v) is 8.37. The molecule has 0 atom stereocenters. The zero-order chi connectivity index (χ0) is 13.7. The van der Waals surface area contributed by atoms with Crippen LogP contribution in [0.1, 0.15) is 25.0 Å². The quantitative estimate of drug-likeness (QED) is 0.785. The van der Waals surface area contributed by atoms with Crippen LogP contribution in [0.15, 0.2) is 12.3 Å². The summed E-state index contributed by atoms with van der Waals surface area (Å²) in [7, 11) is -1.38. The zero-order valence-corrected chi connectivity index (χ0v) is 12.1. The molecule has 1 aliphatic heterocycles. The van der Waals surface area contributed by atoms with Crippen molar-refractivity contribution in [2.45, 2.75) is 25.8 Å². The maximum absolute atomic E-state index is 11.9. The van der Waals surface area contributed by atoms with E-state index in [4.69, 9.17) is 0 Å². The third kappa shape index (κ3) is 4.59. The zero-order valence-electron chi connectivity index (χ0n) is 11.3. The lowest BCUT2D eigenvalue weighted by molar-refractivity contribution is 0.365. The van der Waals surface area contributed by atoms with Gasteiger partial charge in [0.05, 0.1) is 18.0 Å². The van der Waals surface area contributed by atoms with Crippen molar-refractivity contribution in [2.75, 3.05) is 18.8 Å². The van der Waals surface area contributed by atoms with E-state index in [1.54, 1.807) is 17.9 Å². The highest BCUT2D eigenvalue weighted by molar-refractivity contribution is 7.89. The number of nitrogens with zero attached hydrogens (tertiary/aromatic N) is 2. The summed E-state index contributed by atoms with van der Waals surface area (Å²) in [5.41, 5.74) is 0.866. The summed E-state index contributed by atoms with van der Waals surface area (Å²) >= 11 is 0. The second-order valence-corrected chi connectivity index (χ2v) is 6.99. The lowest BCUT2D eigenvalue weighted by Gasteiger charge is -2.22. The molecule has 19 heavy (non-hydrogen) atoms. The lowest BCUT2D eigenvalue weighted by Crippen LogP contribution is -2.31. The Labute approximate surface area is 114 Å². The summed E-state index contributed by atoms with van der Waals surface area (Å²) in [5.74, 6) is 0.754. The van der Waals surface area contributed by atoms with Gasteiger partial charge in [0.2, 0.25) is 10.0 Å². The molecule has 1 saturated heterocycles. The van der Waals surface area contributed by atoms with Gasteiger partial charge in [-0.1, -0.05) is 0 Å². The molecule has 108 valence electrons. The summed E-state index contributed by atoms with van der Waals surface area (Å²) < 4.78 is 28.2. The number of rotatable bonds is 6. The van der Waals surface area contributed by atoms with Crippen LogP contribution in [-0.2, 0) is 23.6 Å². The van der Waals surface area contributed by atoms with Gasteiger partial charge >= 0.3 is 0 Å². The Morgan fingerprint density at radius 3 is 2.84 bits per heavy atom. The number of aryl methyl sites for hydroxylation is 1. The fraction of sp³-hybridized carbons (Fsp3) is 0.750. The smallest absolute Gasteiger partial charge is 0.211 e. The fourth-order valence-corrected chi connectivity index (χ4v) is 3.48. The number of piperidine rings is 1. The molecular weight excluding hydrogens is 264 g/mol. The van der Waals surface area contributed by atoms with Crippen LogP contribution in [0.4, 0.5) is 0 Å². The number of nitrogens with one attached hydrogen (secondary N) is 2. The minimum atomic E-state index is -3.19. The van der Waals surface area contributed by atoms with Gasteiger partial charge in [0.15, 0.2) is 0 Å². The van der Waals surface area contributed by atoms with Gasteiger partial charge in [-0.3, -0.25) is 4.68 Å². The molecule has 6 nitrogen and oxygen atoms in total. The van der Waals surface area contributed by atoms with Gasteiger partial charge in [0.1, 0.15) is 0 Å². The van der Waals surface area contributed by atoms with Crippen LogP contribution in [-0.4, -0.2) is 37.0 Å². The molecule has 2 N–H and O–H groups in total. The minimum Gasteiger partial charge on any atom is -0.317 e. The van der Waals surface area contributed by atoms with Gasteiger partial charge in [-0.15, -0.1) is 0 Å². The maximum Gasteiger partial charge on any atom is 0.211 e. The topological polar surface area (TPSA) is 76.0 Å². The minimum absolute atomic E-state index is 0.218. The predicted octanol–water partition coefficient (Wildman–Crippen LogP) is 0.229. The van der Waals surface area contributed by atoms with Crippen LogP contribution < -0.4 is 10.0 Å². The van der Waals surface area contributed by atoms with Crippen molar-refractivity contribution in [3.63, 3.8) is 0 Å². The molecule has 0 spiro atoms. The Kier molecular flexibility index (Phi) is 4.95. The molecule has 1 aromatic rings. The SMILES string of the molecule is Cn1nccc1CNS(=O)(=O)CCC1CCNCC1. The normalized spacial score (nSPS) is 17.7. The van der Waals surface area contributed by atoms with E-state index in [0.717, 1.165) is 38.0 Å². The van der Waals surface area contributed by atoms with Gasteiger partial charge < -0.3 is 5.32 Å². The first-order valence-electron chi connectivity index (χ1n) is 6.72. The summed E-state index contributed by atoms with van der Waals surface area (Å²) in [6, 6.07) is 1.81. The average molecular weight is 286 g/mol. The molecule has 0 bridgehead atoms. The van der Waals surface area contributed by atoms with Crippen LogP contribution >= 0.6 is 0 Å². The summed E-state index contributed by atoms with van der Waals surface area (Å²) in [6.07, 6.45) is 4.58. The molecule has 0 aromatic carbocycles. The second kappa shape index (κ2) is 6.49. The van der Waals surface area contributed by atoms with Crippen molar-refractivity contribution in [2.24, 2.45) is 13.0 Å². The van der Waals surface area contributed by atoms with Crippen LogP contribution in [0.25, 0.3) is 0 Å². The van der Waals surface area contributed by atoms with Crippen molar-refractivity contribution in [3.8, 4) is 0 Å². The third-order valence-corrected chi connectivity index (χ3v) is 5.01. The summed E-state index contributed by atoms with van der Waals surface area (Å²) in [4.78, 5) is 0. The van der Waals surface area contributed by atoms with Gasteiger partial charge in [-0.25, -0.2) is 13.1 Å². The van der Waals surface area contributed by atoms with Gasteiger partial charge in [-0.2, -0.15) is 5.10 Å². The summed E-state index contributed by atoms with van der Waals surface area (Å²) in [6.45, 7) is 2.32. The van der Waals surface area contributed by atoms with E-state index in [-0.39, 0.29) is 5.75 Å². The molecule has 0 aliphatic carbocycles. The maximum atomic E-state index is 11.9. The fourth-order valence-electron chi connectivity index (χ4n) is 2.32. The third-order valence-electron chi connectivity index (χ3n) is 3.65. The molecule has 0 unspecified atom stereocenters.